The van der Waals surface area contributed by atoms with E-state index in [-0.39, 0.29) is 12.4 Å². The van der Waals surface area contributed by atoms with Crippen molar-refractivity contribution in [2.75, 3.05) is 19.6 Å². The summed E-state index contributed by atoms with van der Waals surface area (Å²) < 4.78 is 25.8. The Hall–Kier alpha value is -0.620. The summed E-state index contributed by atoms with van der Waals surface area (Å²) in [4.78, 5) is 0.349. The fraction of sp³-hybridized carbons (Fsp3) is 0.500. The number of halogens is 1. The fourth-order valence-corrected chi connectivity index (χ4v) is 3.17. The van der Waals surface area contributed by atoms with Crippen LogP contribution in [-0.4, -0.2) is 32.4 Å². The van der Waals surface area contributed by atoms with Crippen LogP contribution in [0.5, 0.6) is 0 Å². The molecule has 0 aliphatic carbocycles. The van der Waals surface area contributed by atoms with Crippen molar-refractivity contribution in [1.82, 2.24) is 4.31 Å². The van der Waals surface area contributed by atoms with Gasteiger partial charge in [0, 0.05) is 13.1 Å². The van der Waals surface area contributed by atoms with Crippen molar-refractivity contribution >= 4 is 22.4 Å². The van der Waals surface area contributed by atoms with E-state index in [4.69, 9.17) is 5.73 Å². The molecule has 104 valence electrons. The van der Waals surface area contributed by atoms with Gasteiger partial charge in [-0.2, -0.15) is 4.31 Å². The second-order valence-electron chi connectivity index (χ2n) is 3.77. The van der Waals surface area contributed by atoms with E-state index in [0.717, 1.165) is 12.0 Å². The van der Waals surface area contributed by atoms with E-state index in [1.807, 2.05) is 26.0 Å². The molecule has 2 N–H and O–H groups in total. The third-order valence-corrected chi connectivity index (χ3v) is 4.76. The van der Waals surface area contributed by atoms with Gasteiger partial charge in [-0.15, -0.1) is 12.4 Å². The molecule has 0 amide bonds. The molecule has 0 spiro atoms. The average molecular weight is 293 g/mol. The minimum absolute atomic E-state index is 0. The Morgan fingerprint density at radius 1 is 1.11 bits per heavy atom. The van der Waals surface area contributed by atoms with Crippen LogP contribution >= 0.6 is 12.4 Å². The lowest BCUT2D eigenvalue weighted by Crippen LogP contribution is -2.30. The predicted molar refractivity (Wildman–Crippen MR) is 76.6 cm³/mol. The first-order valence-corrected chi connectivity index (χ1v) is 7.29. The highest BCUT2D eigenvalue weighted by Crippen LogP contribution is 2.16. The van der Waals surface area contributed by atoms with Crippen molar-refractivity contribution in [2.45, 2.75) is 25.2 Å². The number of sulfonamides is 1. The van der Waals surface area contributed by atoms with Crippen LogP contribution in [0.25, 0.3) is 0 Å². The average Bonchev–Trinajstić information content (AvgIpc) is 2.31. The fourth-order valence-electron chi connectivity index (χ4n) is 1.71. The third-order valence-electron chi connectivity index (χ3n) is 2.70. The summed E-state index contributed by atoms with van der Waals surface area (Å²) in [7, 11) is -3.33. The van der Waals surface area contributed by atoms with Crippen molar-refractivity contribution in [3.05, 3.63) is 29.8 Å². The van der Waals surface area contributed by atoms with Crippen molar-refractivity contribution in [2.24, 2.45) is 5.73 Å². The van der Waals surface area contributed by atoms with Gasteiger partial charge in [-0.05, 0) is 30.7 Å². The molecule has 6 heteroatoms. The van der Waals surface area contributed by atoms with E-state index in [1.165, 1.54) is 4.31 Å². The van der Waals surface area contributed by atoms with Gasteiger partial charge in [-0.25, -0.2) is 8.42 Å². The van der Waals surface area contributed by atoms with Gasteiger partial charge in [0.1, 0.15) is 0 Å². The van der Waals surface area contributed by atoms with Crippen LogP contribution in [0, 0.1) is 0 Å². The minimum Gasteiger partial charge on any atom is -0.330 e. The maximum Gasteiger partial charge on any atom is 0.243 e. The van der Waals surface area contributed by atoms with Crippen molar-refractivity contribution in [3.8, 4) is 0 Å². The first-order valence-electron chi connectivity index (χ1n) is 5.85. The number of nitrogens with two attached hydrogens (primary N) is 1. The van der Waals surface area contributed by atoms with Crippen LogP contribution in [0.15, 0.2) is 29.2 Å². The number of hydrogen-bond acceptors (Lipinski definition) is 3. The van der Waals surface area contributed by atoms with E-state index < -0.39 is 10.0 Å². The Balaban J connectivity index is 0.00000289. The molecule has 0 radical (unpaired) electrons. The summed E-state index contributed by atoms with van der Waals surface area (Å²) in [6.45, 7) is 5.22. The summed E-state index contributed by atoms with van der Waals surface area (Å²) in [6.07, 6.45) is 0.769. The van der Waals surface area contributed by atoms with E-state index in [9.17, 15) is 8.42 Å². The molecular formula is C12H21ClN2O2S. The van der Waals surface area contributed by atoms with E-state index in [1.54, 1.807) is 12.1 Å². The standard InChI is InChI=1S/C12H20N2O2S.ClH/c1-3-14(4-2)17(15,16)12-7-5-11(6-8-12)9-10-13;/h5-8H,3-4,9-10,13H2,1-2H3;1H. The second kappa shape index (κ2) is 7.74. The van der Waals surface area contributed by atoms with Gasteiger partial charge < -0.3 is 5.73 Å². The van der Waals surface area contributed by atoms with Crippen LogP contribution in [0.4, 0.5) is 0 Å². The summed E-state index contributed by atoms with van der Waals surface area (Å²) >= 11 is 0. The quantitative estimate of drug-likeness (QED) is 0.867. The Labute approximate surface area is 116 Å². The second-order valence-corrected chi connectivity index (χ2v) is 5.71. The predicted octanol–water partition coefficient (Wildman–Crippen LogP) is 1.64. The highest BCUT2D eigenvalue weighted by Gasteiger charge is 2.20. The maximum atomic E-state index is 12.2. The molecule has 0 atom stereocenters. The molecule has 1 aromatic rings. The largest absolute Gasteiger partial charge is 0.330 e. The third kappa shape index (κ3) is 3.95. The zero-order valence-corrected chi connectivity index (χ0v) is 12.4. The summed E-state index contributed by atoms with van der Waals surface area (Å²) in [5.74, 6) is 0. The summed E-state index contributed by atoms with van der Waals surface area (Å²) in [6, 6.07) is 6.95. The Kier molecular flexibility index (Phi) is 7.47. The molecule has 1 rings (SSSR count). The molecule has 0 aliphatic heterocycles. The molecule has 0 saturated carbocycles. The highest BCUT2D eigenvalue weighted by molar-refractivity contribution is 7.89. The van der Waals surface area contributed by atoms with Crippen LogP contribution in [0.2, 0.25) is 0 Å². The molecule has 18 heavy (non-hydrogen) atoms. The zero-order valence-electron chi connectivity index (χ0n) is 10.8. The molecule has 1 aromatic carbocycles. The maximum absolute atomic E-state index is 12.2. The van der Waals surface area contributed by atoms with Crippen molar-refractivity contribution in [1.29, 1.82) is 0 Å². The summed E-state index contributed by atoms with van der Waals surface area (Å²) in [5, 5.41) is 0. The molecule has 0 heterocycles. The van der Waals surface area contributed by atoms with Gasteiger partial charge in [0.2, 0.25) is 10.0 Å². The van der Waals surface area contributed by atoms with Crippen LogP contribution in [-0.2, 0) is 16.4 Å². The van der Waals surface area contributed by atoms with E-state index >= 15 is 0 Å². The molecule has 0 fully saturated rings. The first kappa shape index (κ1) is 17.4. The topological polar surface area (TPSA) is 63.4 Å². The van der Waals surface area contributed by atoms with Gasteiger partial charge in [-0.1, -0.05) is 26.0 Å². The van der Waals surface area contributed by atoms with Gasteiger partial charge in [-0.3, -0.25) is 0 Å². The number of hydrogen-bond donors (Lipinski definition) is 1. The highest BCUT2D eigenvalue weighted by atomic mass is 35.5. The number of benzene rings is 1. The molecular weight excluding hydrogens is 272 g/mol. The van der Waals surface area contributed by atoms with Crippen molar-refractivity contribution < 1.29 is 8.42 Å². The Morgan fingerprint density at radius 3 is 2.00 bits per heavy atom. The first-order chi connectivity index (χ1) is 8.06. The van der Waals surface area contributed by atoms with Crippen LogP contribution in [0.1, 0.15) is 19.4 Å². The van der Waals surface area contributed by atoms with Gasteiger partial charge in [0.15, 0.2) is 0 Å². The van der Waals surface area contributed by atoms with Gasteiger partial charge in [0.05, 0.1) is 4.90 Å². The van der Waals surface area contributed by atoms with Crippen LogP contribution in [0.3, 0.4) is 0 Å². The minimum atomic E-state index is -3.33. The monoisotopic (exact) mass is 292 g/mol. The SMILES string of the molecule is CCN(CC)S(=O)(=O)c1ccc(CCN)cc1.Cl. The lowest BCUT2D eigenvalue weighted by Gasteiger charge is -2.18. The van der Waals surface area contributed by atoms with Crippen LogP contribution < -0.4 is 5.73 Å². The molecule has 0 aliphatic rings. The van der Waals surface area contributed by atoms with Gasteiger partial charge >= 0.3 is 0 Å². The normalized spacial score (nSPS) is 11.3. The zero-order chi connectivity index (χ0) is 12.9. The number of rotatable bonds is 6. The van der Waals surface area contributed by atoms with E-state index in [2.05, 4.69) is 0 Å². The van der Waals surface area contributed by atoms with E-state index in [0.29, 0.717) is 24.5 Å². The lowest BCUT2D eigenvalue weighted by atomic mass is 10.2. The molecule has 0 saturated heterocycles. The lowest BCUT2D eigenvalue weighted by molar-refractivity contribution is 0.445. The Morgan fingerprint density at radius 2 is 1.61 bits per heavy atom. The molecule has 0 unspecified atom stereocenters. The Bertz CT molecular complexity index is 442. The smallest absolute Gasteiger partial charge is 0.243 e. The van der Waals surface area contributed by atoms with Gasteiger partial charge in [0.25, 0.3) is 0 Å². The van der Waals surface area contributed by atoms with Crippen molar-refractivity contribution in [3.63, 3.8) is 0 Å². The number of nitrogens with zero attached hydrogens (tertiary/aromatic N) is 1. The molecule has 4 nitrogen and oxygen atoms in total. The molecule has 0 aromatic heterocycles. The molecule has 0 bridgehead atoms. The summed E-state index contributed by atoms with van der Waals surface area (Å²) in [5.41, 5.74) is 6.51.